The van der Waals surface area contributed by atoms with Crippen LogP contribution in [0.2, 0.25) is 0 Å². The van der Waals surface area contributed by atoms with Gasteiger partial charge in [-0.25, -0.2) is 13.8 Å². The van der Waals surface area contributed by atoms with Crippen LogP contribution in [0.3, 0.4) is 0 Å². The number of benzene rings is 1. The minimum absolute atomic E-state index is 0.300. The minimum Gasteiger partial charge on any atom is -0.348 e. The molecular formula is C12H11F2N3. The first-order valence-corrected chi connectivity index (χ1v) is 5.46. The van der Waals surface area contributed by atoms with Crippen molar-refractivity contribution in [2.24, 2.45) is 0 Å². The summed E-state index contributed by atoms with van der Waals surface area (Å²) < 4.78 is 26.6. The predicted octanol–water partition coefficient (Wildman–Crippen LogP) is 1.92. The Labute approximate surface area is 96.9 Å². The lowest BCUT2D eigenvalue weighted by atomic mass is 9.97. The fraction of sp³-hybridized carbons (Fsp3) is 0.250. The number of hydrogen-bond acceptors (Lipinski definition) is 2. The fourth-order valence-corrected chi connectivity index (χ4v) is 2.21. The van der Waals surface area contributed by atoms with Gasteiger partial charge in [0.15, 0.2) is 0 Å². The Morgan fingerprint density at radius 3 is 3.00 bits per heavy atom. The molecule has 2 aromatic rings. The van der Waals surface area contributed by atoms with E-state index in [4.69, 9.17) is 0 Å². The number of aromatic nitrogens is 2. The maximum Gasteiger partial charge on any atom is 0.131 e. The molecular weight excluding hydrogens is 224 g/mol. The van der Waals surface area contributed by atoms with Crippen molar-refractivity contribution in [1.82, 2.24) is 15.3 Å². The summed E-state index contributed by atoms with van der Waals surface area (Å²) >= 11 is 0. The van der Waals surface area contributed by atoms with Gasteiger partial charge >= 0.3 is 0 Å². The highest BCUT2D eigenvalue weighted by Crippen LogP contribution is 2.28. The second kappa shape index (κ2) is 3.92. The topological polar surface area (TPSA) is 40.7 Å². The van der Waals surface area contributed by atoms with Crippen LogP contribution in [0.15, 0.2) is 24.5 Å². The number of halogens is 2. The molecule has 0 fully saturated rings. The molecule has 0 saturated carbocycles. The minimum atomic E-state index is -0.565. The summed E-state index contributed by atoms with van der Waals surface area (Å²) in [6.07, 6.45) is 2.45. The molecule has 2 N–H and O–H groups in total. The molecule has 1 aromatic heterocycles. The van der Waals surface area contributed by atoms with Crippen molar-refractivity contribution in [3.8, 4) is 0 Å². The van der Waals surface area contributed by atoms with E-state index < -0.39 is 11.6 Å². The summed E-state index contributed by atoms with van der Waals surface area (Å²) in [4.78, 5) is 7.24. The van der Waals surface area contributed by atoms with Crippen molar-refractivity contribution in [3.05, 3.63) is 53.1 Å². The van der Waals surface area contributed by atoms with E-state index in [9.17, 15) is 8.78 Å². The van der Waals surface area contributed by atoms with Gasteiger partial charge in [0.25, 0.3) is 0 Å². The smallest absolute Gasteiger partial charge is 0.131 e. The second-order valence-electron chi connectivity index (χ2n) is 4.07. The van der Waals surface area contributed by atoms with Crippen LogP contribution in [0.25, 0.3) is 0 Å². The van der Waals surface area contributed by atoms with Gasteiger partial charge in [0.05, 0.1) is 18.1 Å². The lowest BCUT2D eigenvalue weighted by Gasteiger charge is -2.23. The molecule has 5 heteroatoms. The maximum absolute atomic E-state index is 13.7. The lowest BCUT2D eigenvalue weighted by molar-refractivity contribution is 0.510. The standard InChI is InChI=1S/C12H11F2N3/c13-7-1-2-8(9(14)5-7)11-12-10(3-4-15-11)16-6-17-12/h1-2,5-6,11,15H,3-4H2,(H,16,17)/t11-/m1/s1. The summed E-state index contributed by atoms with van der Waals surface area (Å²) in [7, 11) is 0. The number of rotatable bonds is 1. The van der Waals surface area contributed by atoms with Crippen LogP contribution < -0.4 is 5.32 Å². The fourth-order valence-electron chi connectivity index (χ4n) is 2.21. The van der Waals surface area contributed by atoms with E-state index in [1.54, 1.807) is 6.33 Å². The Hall–Kier alpha value is -1.75. The number of imidazole rings is 1. The van der Waals surface area contributed by atoms with Gasteiger partial charge in [-0.1, -0.05) is 6.07 Å². The zero-order valence-corrected chi connectivity index (χ0v) is 9.00. The van der Waals surface area contributed by atoms with Crippen molar-refractivity contribution in [2.75, 3.05) is 6.54 Å². The number of hydrogen-bond donors (Lipinski definition) is 2. The van der Waals surface area contributed by atoms with Crippen LogP contribution >= 0.6 is 0 Å². The molecule has 3 rings (SSSR count). The maximum atomic E-state index is 13.7. The van der Waals surface area contributed by atoms with E-state index in [1.165, 1.54) is 12.1 Å². The van der Waals surface area contributed by atoms with Gasteiger partial charge in [-0.2, -0.15) is 0 Å². The summed E-state index contributed by atoms with van der Waals surface area (Å²) in [5.74, 6) is -1.11. The first kappa shape index (κ1) is 10.4. The lowest BCUT2D eigenvalue weighted by Crippen LogP contribution is -2.31. The number of nitrogens with one attached hydrogen (secondary N) is 2. The van der Waals surface area contributed by atoms with Crippen molar-refractivity contribution >= 4 is 0 Å². The Morgan fingerprint density at radius 1 is 1.29 bits per heavy atom. The molecule has 1 atom stereocenters. The average molecular weight is 235 g/mol. The van der Waals surface area contributed by atoms with Gasteiger partial charge in [-0.15, -0.1) is 0 Å². The Bertz CT molecular complexity index is 550. The van der Waals surface area contributed by atoms with Crippen LogP contribution in [0, 0.1) is 11.6 Å². The van der Waals surface area contributed by atoms with Crippen LogP contribution in [0.1, 0.15) is 23.0 Å². The molecule has 0 amide bonds. The van der Waals surface area contributed by atoms with Crippen LogP contribution in [-0.4, -0.2) is 16.5 Å². The normalized spacial score (nSPS) is 19.1. The molecule has 0 bridgehead atoms. The first-order chi connectivity index (χ1) is 8.25. The molecule has 2 heterocycles. The van der Waals surface area contributed by atoms with Crippen molar-refractivity contribution < 1.29 is 8.78 Å². The van der Waals surface area contributed by atoms with E-state index in [-0.39, 0.29) is 6.04 Å². The molecule has 3 nitrogen and oxygen atoms in total. The van der Waals surface area contributed by atoms with Crippen molar-refractivity contribution in [1.29, 1.82) is 0 Å². The van der Waals surface area contributed by atoms with Gasteiger partial charge in [-0.05, 0) is 6.07 Å². The highest BCUT2D eigenvalue weighted by molar-refractivity contribution is 5.33. The zero-order chi connectivity index (χ0) is 11.8. The molecule has 17 heavy (non-hydrogen) atoms. The van der Waals surface area contributed by atoms with Gasteiger partial charge in [-0.3, -0.25) is 0 Å². The number of nitrogens with zero attached hydrogens (tertiary/aromatic N) is 1. The second-order valence-corrected chi connectivity index (χ2v) is 4.07. The molecule has 1 aliphatic heterocycles. The number of H-pyrrole nitrogens is 1. The summed E-state index contributed by atoms with van der Waals surface area (Å²) in [6.45, 7) is 0.747. The monoisotopic (exact) mass is 235 g/mol. The van der Waals surface area contributed by atoms with Crippen LogP contribution in [0.5, 0.6) is 0 Å². The van der Waals surface area contributed by atoms with Crippen molar-refractivity contribution in [2.45, 2.75) is 12.5 Å². The zero-order valence-electron chi connectivity index (χ0n) is 9.00. The van der Waals surface area contributed by atoms with Crippen LogP contribution in [-0.2, 0) is 6.42 Å². The molecule has 0 spiro atoms. The van der Waals surface area contributed by atoms with E-state index in [1.807, 2.05) is 0 Å². The number of aromatic amines is 1. The van der Waals surface area contributed by atoms with E-state index in [0.29, 0.717) is 5.56 Å². The molecule has 1 aromatic carbocycles. The third kappa shape index (κ3) is 1.72. The third-order valence-electron chi connectivity index (χ3n) is 3.02. The molecule has 0 aliphatic carbocycles. The van der Waals surface area contributed by atoms with Crippen molar-refractivity contribution in [3.63, 3.8) is 0 Å². The SMILES string of the molecule is Fc1ccc([C@H]2NCCc3[nH]cnc32)c(F)c1. The highest BCUT2D eigenvalue weighted by atomic mass is 19.1. The van der Waals surface area contributed by atoms with E-state index in [0.717, 1.165) is 30.4 Å². The van der Waals surface area contributed by atoms with Gasteiger partial charge in [0, 0.05) is 30.3 Å². The molecule has 0 unspecified atom stereocenters. The Balaban J connectivity index is 2.06. The summed E-state index contributed by atoms with van der Waals surface area (Å²) in [5, 5.41) is 3.19. The summed E-state index contributed by atoms with van der Waals surface area (Å²) in [5.41, 5.74) is 2.23. The first-order valence-electron chi connectivity index (χ1n) is 5.46. The van der Waals surface area contributed by atoms with Gasteiger partial charge in [0.1, 0.15) is 11.6 Å². The largest absolute Gasteiger partial charge is 0.348 e. The summed E-state index contributed by atoms with van der Waals surface area (Å²) in [6, 6.07) is 3.33. The number of fused-ring (bicyclic) bond motifs is 1. The molecule has 88 valence electrons. The average Bonchev–Trinajstić information content (AvgIpc) is 2.77. The Morgan fingerprint density at radius 2 is 2.18 bits per heavy atom. The van der Waals surface area contributed by atoms with Gasteiger partial charge < -0.3 is 10.3 Å². The third-order valence-corrected chi connectivity index (χ3v) is 3.02. The molecule has 0 saturated heterocycles. The van der Waals surface area contributed by atoms with Crippen LogP contribution in [0.4, 0.5) is 8.78 Å². The van der Waals surface area contributed by atoms with E-state index in [2.05, 4.69) is 15.3 Å². The molecule has 0 radical (unpaired) electrons. The quantitative estimate of drug-likeness (QED) is 0.792. The van der Waals surface area contributed by atoms with E-state index >= 15 is 0 Å². The highest BCUT2D eigenvalue weighted by Gasteiger charge is 2.25. The Kier molecular flexibility index (Phi) is 2.40. The van der Waals surface area contributed by atoms with Gasteiger partial charge in [0.2, 0.25) is 0 Å². The predicted molar refractivity (Wildman–Crippen MR) is 58.5 cm³/mol. The molecule has 1 aliphatic rings.